The van der Waals surface area contributed by atoms with Gasteiger partial charge in [-0.2, -0.15) is 0 Å². The molecule has 1 unspecified atom stereocenters. The van der Waals surface area contributed by atoms with Crippen LogP contribution in [0.5, 0.6) is 0 Å². The minimum atomic E-state index is 0.112. The molecule has 0 amide bonds. The van der Waals surface area contributed by atoms with Gasteiger partial charge >= 0.3 is 6.01 Å². The highest BCUT2D eigenvalue weighted by atomic mass is 32.1. The van der Waals surface area contributed by atoms with Crippen LogP contribution in [0.2, 0.25) is 0 Å². The van der Waals surface area contributed by atoms with Crippen molar-refractivity contribution in [3.05, 3.63) is 22.5 Å². The van der Waals surface area contributed by atoms with Crippen LogP contribution in [0.3, 0.4) is 0 Å². The van der Waals surface area contributed by atoms with E-state index in [0.717, 1.165) is 11.4 Å². The van der Waals surface area contributed by atoms with Gasteiger partial charge in [-0.05, 0) is 6.42 Å². The Balaban J connectivity index is 2.02. The maximum Gasteiger partial charge on any atom is 0.316 e. The van der Waals surface area contributed by atoms with E-state index in [9.17, 15) is 0 Å². The molecule has 0 aromatic carbocycles. The second-order valence-electron chi connectivity index (χ2n) is 3.52. The Morgan fingerprint density at radius 3 is 3.06 bits per heavy atom. The van der Waals surface area contributed by atoms with E-state index in [-0.39, 0.29) is 6.04 Å². The molecule has 6 nitrogen and oxygen atoms in total. The molecule has 0 aliphatic carbocycles. The summed E-state index contributed by atoms with van der Waals surface area (Å²) in [6.45, 7) is 2.58. The van der Waals surface area contributed by atoms with E-state index in [1.54, 1.807) is 17.5 Å². The van der Waals surface area contributed by atoms with Crippen LogP contribution < -0.4 is 11.1 Å². The number of hydrogen-bond donors (Lipinski definition) is 2. The van der Waals surface area contributed by atoms with Crippen LogP contribution >= 0.6 is 11.3 Å². The summed E-state index contributed by atoms with van der Waals surface area (Å²) in [7, 11) is 0. The molecule has 3 N–H and O–H groups in total. The summed E-state index contributed by atoms with van der Waals surface area (Å²) in [5.74, 6) is 0.559. The molecule has 0 spiro atoms. The molecule has 0 radical (unpaired) electrons. The molecule has 1 atom stereocenters. The van der Waals surface area contributed by atoms with Crippen molar-refractivity contribution in [3.63, 3.8) is 0 Å². The van der Waals surface area contributed by atoms with Crippen molar-refractivity contribution in [3.8, 4) is 0 Å². The molecule has 0 aliphatic rings. The maximum atomic E-state index is 5.42. The predicted octanol–water partition coefficient (Wildman–Crippen LogP) is 1.59. The minimum Gasteiger partial charge on any atom is -0.408 e. The zero-order valence-electron chi connectivity index (χ0n) is 9.59. The highest BCUT2D eigenvalue weighted by Crippen LogP contribution is 2.23. The van der Waals surface area contributed by atoms with Crippen LogP contribution in [0.4, 0.5) is 6.01 Å². The molecule has 0 aliphatic heterocycles. The molecule has 2 heterocycles. The third-order valence-electron chi connectivity index (χ3n) is 2.28. The minimum absolute atomic E-state index is 0.112. The first kappa shape index (κ1) is 12.0. The number of aromatic nitrogens is 3. The van der Waals surface area contributed by atoms with Crippen LogP contribution in [0.1, 0.15) is 30.3 Å². The molecule has 2 aromatic heterocycles. The van der Waals surface area contributed by atoms with Crippen molar-refractivity contribution in [2.24, 2.45) is 5.73 Å². The summed E-state index contributed by atoms with van der Waals surface area (Å²) in [6, 6.07) is 0.539. The Kier molecular flexibility index (Phi) is 4.05. The van der Waals surface area contributed by atoms with E-state index in [1.807, 2.05) is 5.38 Å². The fourth-order valence-corrected chi connectivity index (χ4v) is 2.20. The number of nitrogens with zero attached hydrogens (tertiary/aromatic N) is 3. The Bertz CT molecular complexity index is 441. The van der Waals surface area contributed by atoms with Crippen molar-refractivity contribution in [2.45, 2.75) is 25.8 Å². The molecule has 7 heteroatoms. The molecular formula is C10H15N5OS. The van der Waals surface area contributed by atoms with Gasteiger partial charge in [0.1, 0.15) is 5.01 Å². The second-order valence-corrected chi connectivity index (χ2v) is 4.44. The lowest BCUT2D eigenvalue weighted by atomic mass is 10.2. The van der Waals surface area contributed by atoms with Crippen molar-refractivity contribution < 1.29 is 4.42 Å². The van der Waals surface area contributed by atoms with E-state index in [1.165, 1.54) is 0 Å². The average molecular weight is 253 g/mol. The maximum absolute atomic E-state index is 5.42. The highest BCUT2D eigenvalue weighted by Gasteiger charge is 2.15. The van der Waals surface area contributed by atoms with E-state index >= 15 is 0 Å². The molecule has 2 rings (SSSR count). The van der Waals surface area contributed by atoms with Gasteiger partial charge in [-0.25, -0.2) is 4.98 Å². The zero-order valence-corrected chi connectivity index (χ0v) is 10.4. The normalized spacial score (nSPS) is 12.6. The molecule has 0 bridgehead atoms. The second kappa shape index (κ2) is 5.74. The highest BCUT2D eigenvalue weighted by molar-refractivity contribution is 7.09. The summed E-state index contributed by atoms with van der Waals surface area (Å²) in [6.07, 6.45) is 3.29. The Hall–Kier alpha value is -1.47. The third-order valence-corrected chi connectivity index (χ3v) is 3.17. The van der Waals surface area contributed by atoms with Gasteiger partial charge in [-0.3, -0.25) is 0 Å². The molecule has 17 heavy (non-hydrogen) atoms. The van der Waals surface area contributed by atoms with Gasteiger partial charge < -0.3 is 15.5 Å². The van der Waals surface area contributed by atoms with Crippen LogP contribution in [0.15, 0.2) is 16.0 Å². The van der Waals surface area contributed by atoms with E-state index in [0.29, 0.717) is 24.9 Å². The Labute approximate surface area is 103 Å². The van der Waals surface area contributed by atoms with Gasteiger partial charge in [0.15, 0.2) is 0 Å². The fraction of sp³-hybridized carbons (Fsp3) is 0.500. The summed E-state index contributed by atoms with van der Waals surface area (Å²) in [4.78, 5) is 4.27. The molecular weight excluding hydrogens is 238 g/mol. The predicted molar refractivity (Wildman–Crippen MR) is 65.8 cm³/mol. The van der Waals surface area contributed by atoms with Gasteiger partial charge in [0.05, 0.1) is 6.04 Å². The molecule has 0 fully saturated rings. The zero-order chi connectivity index (χ0) is 12.1. The third kappa shape index (κ3) is 3.01. The van der Waals surface area contributed by atoms with Gasteiger partial charge in [-0.15, -0.1) is 16.4 Å². The number of anilines is 1. The fourth-order valence-electron chi connectivity index (χ4n) is 1.43. The van der Waals surface area contributed by atoms with Gasteiger partial charge in [0, 0.05) is 24.5 Å². The molecule has 2 aromatic rings. The summed E-state index contributed by atoms with van der Waals surface area (Å²) >= 11 is 1.61. The smallest absolute Gasteiger partial charge is 0.316 e. The van der Waals surface area contributed by atoms with Crippen LogP contribution in [-0.4, -0.2) is 21.7 Å². The first-order valence-electron chi connectivity index (χ1n) is 5.51. The van der Waals surface area contributed by atoms with E-state index < -0.39 is 0 Å². The standard InChI is InChI=1S/C10H15N5OS/c1-2-7(9-12-5-6-17-9)13-10-15-14-8(16-10)3-4-11/h5-7H,2-4,11H2,1H3,(H,13,15). The number of nitrogens with two attached hydrogens (primary N) is 1. The average Bonchev–Trinajstić information content (AvgIpc) is 2.97. The lowest BCUT2D eigenvalue weighted by molar-refractivity contribution is 0.498. The van der Waals surface area contributed by atoms with Crippen LogP contribution in [0.25, 0.3) is 0 Å². The first-order chi connectivity index (χ1) is 8.33. The lowest BCUT2D eigenvalue weighted by Crippen LogP contribution is -2.09. The topological polar surface area (TPSA) is 89.9 Å². The number of nitrogens with one attached hydrogen (secondary N) is 1. The van der Waals surface area contributed by atoms with E-state index in [4.69, 9.17) is 10.2 Å². The Morgan fingerprint density at radius 2 is 2.41 bits per heavy atom. The lowest BCUT2D eigenvalue weighted by Gasteiger charge is -2.11. The number of rotatable bonds is 6. The first-order valence-corrected chi connectivity index (χ1v) is 6.39. The SMILES string of the molecule is CCC(Nc1nnc(CCN)o1)c1nccs1. The number of thiazole rings is 1. The van der Waals surface area contributed by atoms with Gasteiger partial charge in [0.25, 0.3) is 0 Å². The monoisotopic (exact) mass is 253 g/mol. The summed E-state index contributed by atoms with van der Waals surface area (Å²) in [5, 5.41) is 14.0. The van der Waals surface area contributed by atoms with Crippen molar-refractivity contribution in [1.82, 2.24) is 15.2 Å². The summed E-state index contributed by atoms with van der Waals surface area (Å²) in [5.41, 5.74) is 5.42. The van der Waals surface area contributed by atoms with Gasteiger partial charge in [-0.1, -0.05) is 12.0 Å². The Morgan fingerprint density at radius 1 is 1.53 bits per heavy atom. The molecule has 0 saturated carbocycles. The molecule has 0 saturated heterocycles. The summed E-state index contributed by atoms with van der Waals surface area (Å²) < 4.78 is 5.42. The van der Waals surface area contributed by atoms with Crippen molar-refractivity contribution >= 4 is 17.4 Å². The quantitative estimate of drug-likeness (QED) is 0.812. The number of hydrogen-bond acceptors (Lipinski definition) is 7. The molecule has 92 valence electrons. The van der Waals surface area contributed by atoms with Crippen molar-refractivity contribution in [2.75, 3.05) is 11.9 Å². The largest absolute Gasteiger partial charge is 0.408 e. The van der Waals surface area contributed by atoms with Crippen LogP contribution in [0, 0.1) is 0 Å². The van der Waals surface area contributed by atoms with Crippen molar-refractivity contribution in [1.29, 1.82) is 0 Å². The van der Waals surface area contributed by atoms with Gasteiger partial charge in [0.2, 0.25) is 5.89 Å². The van der Waals surface area contributed by atoms with Crippen LogP contribution in [-0.2, 0) is 6.42 Å². The van der Waals surface area contributed by atoms with E-state index in [2.05, 4.69) is 27.4 Å².